The Balaban J connectivity index is 1.67. The van der Waals surface area contributed by atoms with Gasteiger partial charge < -0.3 is 0 Å². The van der Waals surface area contributed by atoms with Crippen molar-refractivity contribution < 1.29 is 9.85 Å². The highest BCUT2D eigenvalue weighted by atomic mass is 16.6. The van der Waals surface area contributed by atoms with Crippen LogP contribution in [0.2, 0.25) is 0 Å². The summed E-state index contributed by atoms with van der Waals surface area (Å²) in [5.41, 5.74) is 6.75. The van der Waals surface area contributed by atoms with E-state index in [1.165, 1.54) is 12.1 Å². The molecule has 132 valence electrons. The van der Waals surface area contributed by atoms with Gasteiger partial charge >= 0.3 is 5.69 Å². The lowest BCUT2D eigenvalue weighted by Gasteiger charge is -2.11. The summed E-state index contributed by atoms with van der Waals surface area (Å²) in [5.74, 6) is 0. The third-order valence-corrected chi connectivity index (χ3v) is 4.32. The van der Waals surface area contributed by atoms with Crippen molar-refractivity contribution in [2.75, 3.05) is 5.43 Å². The lowest BCUT2D eigenvalue weighted by atomic mass is 9.96. The van der Waals surface area contributed by atoms with Crippen molar-refractivity contribution in [3.05, 3.63) is 97.6 Å². The number of non-ortho nitro benzene ring substituents is 1. The molecule has 4 rings (SSSR count). The van der Waals surface area contributed by atoms with Gasteiger partial charge in [0.15, 0.2) is 0 Å². The summed E-state index contributed by atoms with van der Waals surface area (Å²) in [7, 11) is 0. The summed E-state index contributed by atoms with van der Waals surface area (Å²) in [5, 5.41) is 26.4. The van der Waals surface area contributed by atoms with Crippen LogP contribution < -0.4 is 5.43 Å². The lowest BCUT2D eigenvalue weighted by Crippen LogP contribution is -2.06. The number of rotatable bonds is 4. The minimum atomic E-state index is -0.678. The summed E-state index contributed by atoms with van der Waals surface area (Å²) in [6.07, 6.45) is 7.66. The highest BCUT2D eigenvalue weighted by Gasteiger charge is 2.24. The molecule has 0 aromatic heterocycles. The Morgan fingerprint density at radius 2 is 1.78 bits per heavy atom. The Morgan fingerprint density at radius 1 is 0.963 bits per heavy atom. The van der Waals surface area contributed by atoms with Gasteiger partial charge in [0.25, 0.3) is 5.69 Å². The normalized spacial score (nSPS) is 15.6. The number of hydrogen-bond donors (Lipinski definition) is 1. The summed E-state index contributed by atoms with van der Waals surface area (Å²) >= 11 is 0. The number of hydrazone groups is 1. The second kappa shape index (κ2) is 6.34. The summed E-state index contributed by atoms with van der Waals surface area (Å²) in [6.45, 7) is 0. The van der Waals surface area contributed by atoms with Crippen LogP contribution in [0.4, 0.5) is 17.1 Å². The molecule has 8 nitrogen and oxygen atoms in total. The maximum atomic E-state index is 11.2. The fourth-order valence-corrected chi connectivity index (χ4v) is 3.06. The number of benzene rings is 2. The fourth-order valence-electron chi connectivity index (χ4n) is 3.06. The van der Waals surface area contributed by atoms with E-state index in [0.29, 0.717) is 5.71 Å². The smallest absolute Gasteiger partial charge is 0.271 e. The molecule has 0 fully saturated rings. The first kappa shape index (κ1) is 16.4. The van der Waals surface area contributed by atoms with Gasteiger partial charge in [-0.2, -0.15) is 5.10 Å². The highest BCUT2D eigenvalue weighted by Crippen LogP contribution is 2.38. The predicted octanol–water partition coefficient (Wildman–Crippen LogP) is 4.32. The molecule has 2 aromatic carbocycles. The minimum Gasteiger partial charge on any atom is -0.271 e. The van der Waals surface area contributed by atoms with Crippen molar-refractivity contribution in [2.24, 2.45) is 5.10 Å². The summed E-state index contributed by atoms with van der Waals surface area (Å²) in [4.78, 5) is 20.7. The van der Waals surface area contributed by atoms with E-state index >= 15 is 0 Å². The number of nitro benzene ring substituents is 2. The van der Waals surface area contributed by atoms with E-state index in [2.05, 4.69) is 10.5 Å². The van der Waals surface area contributed by atoms with E-state index in [-0.39, 0.29) is 11.4 Å². The second-order valence-electron chi connectivity index (χ2n) is 5.91. The number of allylic oxidation sites excluding steroid dienone is 5. The molecule has 0 atom stereocenters. The molecule has 0 saturated heterocycles. The van der Waals surface area contributed by atoms with Crippen LogP contribution in [0.5, 0.6) is 0 Å². The largest absolute Gasteiger partial charge is 0.301 e. The average Bonchev–Trinajstić information content (AvgIpc) is 3.05. The van der Waals surface area contributed by atoms with Gasteiger partial charge in [-0.1, -0.05) is 36.4 Å². The average molecular weight is 360 g/mol. The van der Waals surface area contributed by atoms with E-state index in [9.17, 15) is 20.2 Å². The van der Waals surface area contributed by atoms with Crippen molar-refractivity contribution in [1.82, 2.24) is 0 Å². The first-order valence-corrected chi connectivity index (χ1v) is 8.01. The van der Waals surface area contributed by atoms with Gasteiger partial charge in [0.05, 0.1) is 21.6 Å². The quantitative estimate of drug-likeness (QED) is 0.645. The van der Waals surface area contributed by atoms with Crippen LogP contribution in [0.25, 0.3) is 11.6 Å². The Kier molecular flexibility index (Phi) is 3.85. The first-order chi connectivity index (χ1) is 13.0. The molecular formula is C19H12N4O4. The van der Waals surface area contributed by atoms with Crippen LogP contribution in [0.1, 0.15) is 11.1 Å². The molecule has 0 aliphatic heterocycles. The van der Waals surface area contributed by atoms with Crippen LogP contribution in [-0.4, -0.2) is 15.6 Å². The number of fused-ring (bicyclic) bond motifs is 3. The van der Waals surface area contributed by atoms with Crippen LogP contribution >= 0.6 is 0 Å². The van der Waals surface area contributed by atoms with E-state index < -0.39 is 15.5 Å². The van der Waals surface area contributed by atoms with Gasteiger partial charge in [0.2, 0.25) is 0 Å². The zero-order valence-corrected chi connectivity index (χ0v) is 13.8. The van der Waals surface area contributed by atoms with E-state index in [4.69, 9.17) is 0 Å². The number of nitrogens with zero attached hydrogens (tertiary/aromatic N) is 3. The lowest BCUT2D eigenvalue weighted by molar-refractivity contribution is -0.393. The molecule has 2 aliphatic rings. The molecule has 0 heterocycles. The predicted molar refractivity (Wildman–Crippen MR) is 102 cm³/mol. The molecule has 0 bridgehead atoms. The second-order valence-corrected chi connectivity index (χ2v) is 5.91. The molecule has 1 N–H and O–H groups in total. The van der Waals surface area contributed by atoms with Gasteiger partial charge in [-0.15, -0.1) is 0 Å². The van der Waals surface area contributed by atoms with Gasteiger partial charge in [-0.05, 0) is 34.9 Å². The summed E-state index contributed by atoms with van der Waals surface area (Å²) in [6, 6.07) is 11.3. The maximum absolute atomic E-state index is 11.2. The van der Waals surface area contributed by atoms with Gasteiger partial charge in [-0.25, -0.2) is 0 Å². The standard InChI is InChI=1S/C19H12N4O4/c24-22(25)13-8-9-18(19(11-13)23(26)27)21-20-17-7-3-6-15-14-5-2-1-4-12(14)10-16(15)17/h1-11,21H. The van der Waals surface area contributed by atoms with Crippen molar-refractivity contribution in [1.29, 1.82) is 0 Å². The summed E-state index contributed by atoms with van der Waals surface area (Å²) < 4.78 is 0. The SMILES string of the molecule is O=[N+]([O-])c1ccc(NN=C2C=CC=C3C2=Cc2ccccc23)c([N+](=O)[O-])c1. The number of anilines is 1. The zero-order chi connectivity index (χ0) is 19.0. The molecule has 0 saturated carbocycles. The molecule has 2 aromatic rings. The molecule has 0 radical (unpaired) electrons. The Labute approximate surface area is 153 Å². The molecule has 2 aliphatic carbocycles. The van der Waals surface area contributed by atoms with E-state index in [1.807, 2.05) is 42.5 Å². The molecule has 0 spiro atoms. The minimum absolute atomic E-state index is 0.0821. The first-order valence-electron chi connectivity index (χ1n) is 8.01. The molecule has 0 amide bonds. The van der Waals surface area contributed by atoms with Gasteiger partial charge in [0.1, 0.15) is 5.69 Å². The third kappa shape index (κ3) is 2.89. The van der Waals surface area contributed by atoms with Crippen LogP contribution in [-0.2, 0) is 0 Å². The third-order valence-electron chi connectivity index (χ3n) is 4.32. The van der Waals surface area contributed by atoms with Crippen molar-refractivity contribution in [2.45, 2.75) is 0 Å². The molecule has 27 heavy (non-hydrogen) atoms. The molecule has 0 unspecified atom stereocenters. The Hall–Kier alpha value is -4.07. The maximum Gasteiger partial charge on any atom is 0.301 e. The monoisotopic (exact) mass is 360 g/mol. The Morgan fingerprint density at radius 3 is 2.56 bits per heavy atom. The van der Waals surface area contributed by atoms with E-state index in [1.54, 1.807) is 6.08 Å². The Bertz CT molecular complexity index is 1110. The fraction of sp³-hybridized carbons (Fsp3) is 0. The number of hydrogen-bond acceptors (Lipinski definition) is 6. The van der Waals surface area contributed by atoms with Crippen LogP contribution in [0.3, 0.4) is 0 Å². The zero-order valence-electron chi connectivity index (χ0n) is 13.8. The number of nitrogens with one attached hydrogen (secondary N) is 1. The molecular weight excluding hydrogens is 348 g/mol. The topological polar surface area (TPSA) is 111 Å². The van der Waals surface area contributed by atoms with Crippen LogP contribution in [0, 0.1) is 20.2 Å². The number of nitro groups is 2. The van der Waals surface area contributed by atoms with Gasteiger partial charge in [-0.3, -0.25) is 25.7 Å². The van der Waals surface area contributed by atoms with Crippen molar-refractivity contribution in [3.63, 3.8) is 0 Å². The van der Waals surface area contributed by atoms with E-state index in [0.717, 1.165) is 28.3 Å². The highest BCUT2D eigenvalue weighted by molar-refractivity contribution is 6.26. The van der Waals surface area contributed by atoms with Gasteiger partial charge in [0, 0.05) is 11.6 Å². The van der Waals surface area contributed by atoms with Crippen molar-refractivity contribution in [3.8, 4) is 0 Å². The van der Waals surface area contributed by atoms with Crippen LogP contribution in [0.15, 0.2) is 71.4 Å². The van der Waals surface area contributed by atoms with Crippen molar-refractivity contribution >= 4 is 34.4 Å². The molecule has 8 heteroatoms.